The van der Waals surface area contributed by atoms with E-state index >= 15 is 0 Å². The number of carbonyl (C=O) groups is 1. The van der Waals surface area contributed by atoms with Crippen LogP contribution in [-0.2, 0) is 0 Å². The van der Waals surface area contributed by atoms with Crippen LogP contribution in [0.3, 0.4) is 0 Å². The monoisotopic (exact) mass is 355 g/mol. The van der Waals surface area contributed by atoms with Crippen molar-refractivity contribution in [1.82, 2.24) is 19.9 Å². The highest BCUT2D eigenvalue weighted by Crippen LogP contribution is 2.25. The molecule has 1 saturated heterocycles. The zero-order valence-electron chi connectivity index (χ0n) is 15.4. The first-order chi connectivity index (χ1) is 12.6. The normalized spacial score (nSPS) is 16.4. The maximum Gasteiger partial charge on any atom is 0.254 e. The van der Waals surface area contributed by atoms with Gasteiger partial charge in [0.2, 0.25) is 0 Å². The third-order valence-electron chi connectivity index (χ3n) is 4.52. The summed E-state index contributed by atoms with van der Waals surface area (Å²) in [6, 6.07) is 5.96. The Kier molecular flexibility index (Phi) is 5.50. The van der Waals surface area contributed by atoms with Crippen molar-refractivity contribution in [3.8, 4) is 0 Å². The maximum atomic E-state index is 11.9. The molecule has 8 heteroatoms. The number of amides is 1. The first-order valence-corrected chi connectivity index (χ1v) is 8.76. The van der Waals surface area contributed by atoms with Crippen LogP contribution in [0.5, 0.6) is 0 Å². The number of nitrogens with one attached hydrogen (secondary N) is 2. The molecule has 138 valence electrons. The topological polar surface area (TPSA) is 86.3 Å². The maximum absolute atomic E-state index is 11.9. The van der Waals surface area contributed by atoms with Crippen LogP contribution in [0.1, 0.15) is 23.2 Å². The van der Waals surface area contributed by atoms with E-state index < -0.39 is 0 Å². The Morgan fingerprint density at radius 2 is 2.12 bits per heavy atom. The van der Waals surface area contributed by atoms with Gasteiger partial charge in [0, 0.05) is 52.5 Å². The Morgan fingerprint density at radius 3 is 2.81 bits per heavy atom. The average molecular weight is 355 g/mol. The highest BCUT2D eigenvalue weighted by molar-refractivity contribution is 5.93. The summed E-state index contributed by atoms with van der Waals surface area (Å²) in [6.45, 7) is 1.75. The number of aromatic nitrogens is 3. The Bertz CT molecular complexity index is 747. The van der Waals surface area contributed by atoms with Gasteiger partial charge in [-0.3, -0.25) is 4.79 Å². The van der Waals surface area contributed by atoms with Gasteiger partial charge in [0.25, 0.3) is 5.91 Å². The van der Waals surface area contributed by atoms with E-state index in [0.29, 0.717) is 11.6 Å². The molecular weight excluding hydrogens is 330 g/mol. The van der Waals surface area contributed by atoms with Gasteiger partial charge in [-0.1, -0.05) is 0 Å². The molecule has 26 heavy (non-hydrogen) atoms. The van der Waals surface area contributed by atoms with Gasteiger partial charge in [0.15, 0.2) is 0 Å². The van der Waals surface area contributed by atoms with Crippen molar-refractivity contribution in [2.24, 2.45) is 0 Å². The first-order valence-electron chi connectivity index (χ1n) is 8.76. The van der Waals surface area contributed by atoms with Crippen molar-refractivity contribution in [1.29, 1.82) is 0 Å². The van der Waals surface area contributed by atoms with Gasteiger partial charge in [0.1, 0.15) is 23.8 Å². The fourth-order valence-corrected chi connectivity index (χ4v) is 3.10. The van der Waals surface area contributed by atoms with Gasteiger partial charge in [-0.25, -0.2) is 15.0 Å². The number of rotatable bonds is 6. The molecule has 0 bridgehead atoms. The van der Waals surface area contributed by atoms with Gasteiger partial charge in [-0.2, -0.15) is 0 Å². The van der Waals surface area contributed by atoms with E-state index in [9.17, 15) is 4.79 Å². The molecule has 0 aromatic carbocycles. The van der Waals surface area contributed by atoms with Crippen LogP contribution in [0.4, 0.5) is 17.5 Å². The van der Waals surface area contributed by atoms with Crippen molar-refractivity contribution < 1.29 is 4.79 Å². The molecule has 2 N–H and O–H groups in total. The molecule has 1 aliphatic heterocycles. The van der Waals surface area contributed by atoms with Crippen LogP contribution in [0.25, 0.3) is 0 Å². The lowest BCUT2D eigenvalue weighted by molar-refractivity contribution is 0.0827. The summed E-state index contributed by atoms with van der Waals surface area (Å²) in [5.41, 5.74) is 0.587. The number of hydrogen-bond donors (Lipinski definition) is 2. The van der Waals surface area contributed by atoms with Crippen LogP contribution < -0.4 is 15.5 Å². The molecule has 3 heterocycles. The average Bonchev–Trinajstić information content (AvgIpc) is 3.15. The zero-order chi connectivity index (χ0) is 18.5. The van der Waals surface area contributed by atoms with Crippen molar-refractivity contribution in [3.05, 3.63) is 36.3 Å². The second-order valence-corrected chi connectivity index (χ2v) is 6.51. The largest absolute Gasteiger partial charge is 0.373 e. The van der Waals surface area contributed by atoms with E-state index in [1.54, 1.807) is 37.6 Å². The second kappa shape index (κ2) is 7.99. The lowest BCUT2D eigenvalue weighted by atomic mass is 10.2. The van der Waals surface area contributed by atoms with Crippen LogP contribution in [0.2, 0.25) is 0 Å². The number of anilines is 3. The number of nitrogens with zero attached hydrogens (tertiary/aromatic N) is 5. The summed E-state index contributed by atoms with van der Waals surface area (Å²) in [6.07, 6.45) is 5.44. The van der Waals surface area contributed by atoms with Crippen LogP contribution in [-0.4, -0.2) is 66.0 Å². The van der Waals surface area contributed by atoms with Crippen molar-refractivity contribution >= 4 is 23.4 Å². The van der Waals surface area contributed by atoms with Crippen molar-refractivity contribution in [2.45, 2.75) is 18.9 Å². The molecule has 0 saturated carbocycles. The molecule has 8 nitrogen and oxygen atoms in total. The Labute approximate surface area is 153 Å². The van der Waals surface area contributed by atoms with E-state index in [1.807, 2.05) is 19.2 Å². The second-order valence-electron chi connectivity index (χ2n) is 6.51. The standard InChI is InChI=1S/C18H25N7O/c1-19-16-9-17(23-12-22-16)25-8-4-5-14(25)11-21-15-7-6-13(10-20-15)18(26)24(2)3/h6-7,9-10,12,14H,4-5,8,11H2,1-3H3,(H,20,21)(H,19,22,23). The van der Waals surface area contributed by atoms with Gasteiger partial charge in [-0.15, -0.1) is 0 Å². The molecule has 0 radical (unpaired) electrons. The highest BCUT2D eigenvalue weighted by Gasteiger charge is 2.25. The Balaban J connectivity index is 1.62. The lowest BCUT2D eigenvalue weighted by Crippen LogP contribution is -2.35. The third kappa shape index (κ3) is 4.01. The number of carbonyl (C=O) groups excluding carboxylic acids is 1. The molecule has 3 rings (SSSR count). The van der Waals surface area contributed by atoms with Crippen LogP contribution >= 0.6 is 0 Å². The molecule has 1 fully saturated rings. The predicted molar refractivity (Wildman–Crippen MR) is 103 cm³/mol. The number of hydrogen-bond acceptors (Lipinski definition) is 7. The molecule has 1 atom stereocenters. The summed E-state index contributed by atoms with van der Waals surface area (Å²) in [5, 5.41) is 6.42. The van der Waals surface area contributed by atoms with Gasteiger partial charge >= 0.3 is 0 Å². The molecule has 0 spiro atoms. The quantitative estimate of drug-likeness (QED) is 0.815. The van der Waals surface area contributed by atoms with E-state index in [1.165, 1.54) is 0 Å². The van der Waals surface area contributed by atoms with Crippen LogP contribution in [0, 0.1) is 0 Å². The molecule has 1 aliphatic rings. The molecule has 0 aliphatic carbocycles. The minimum Gasteiger partial charge on any atom is -0.373 e. The van der Waals surface area contributed by atoms with Gasteiger partial charge in [0.05, 0.1) is 5.56 Å². The van der Waals surface area contributed by atoms with Crippen molar-refractivity contribution in [3.63, 3.8) is 0 Å². The summed E-state index contributed by atoms with van der Waals surface area (Å²) in [7, 11) is 5.32. The molecule has 1 amide bonds. The minimum absolute atomic E-state index is 0.0462. The fraction of sp³-hybridized carbons (Fsp3) is 0.444. The molecule has 1 unspecified atom stereocenters. The van der Waals surface area contributed by atoms with Gasteiger partial charge in [-0.05, 0) is 25.0 Å². The predicted octanol–water partition coefficient (Wildman–Crippen LogP) is 1.70. The van der Waals surface area contributed by atoms with E-state index in [4.69, 9.17) is 0 Å². The minimum atomic E-state index is -0.0462. The number of pyridine rings is 1. The van der Waals surface area contributed by atoms with Gasteiger partial charge < -0.3 is 20.4 Å². The lowest BCUT2D eigenvalue weighted by Gasteiger charge is -2.26. The summed E-state index contributed by atoms with van der Waals surface area (Å²) >= 11 is 0. The highest BCUT2D eigenvalue weighted by atomic mass is 16.2. The SMILES string of the molecule is CNc1cc(N2CCCC2CNc2ccc(C(=O)N(C)C)cn2)ncn1. The van der Waals surface area contributed by atoms with Crippen LogP contribution in [0.15, 0.2) is 30.7 Å². The zero-order valence-corrected chi connectivity index (χ0v) is 15.4. The first kappa shape index (κ1) is 17.9. The third-order valence-corrected chi connectivity index (χ3v) is 4.52. The summed E-state index contributed by atoms with van der Waals surface area (Å²) < 4.78 is 0. The molecule has 2 aromatic heterocycles. The van der Waals surface area contributed by atoms with E-state index in [2.05, 4.69) is 30.5 Å². The Morgan fingerprint density at radius 1 is 1.27 bits per heavy atom. The van der Waals surface area contributed by atoms with E-state index in [0.717, 1.165) is 43.4 Å². The molecule has 2 aromatic rings. The van der Waals surface area contributed by atoms with Crippen molar-refractivity contribution in [2.75, 3.05) is 49.8 Å². The smallest absolute Gasteiger partial charge is 0.254 e. The van der Waals surface area contributed by atoms with E-state index in [-0.39, 0.29) is 5.91 Å². The summed E-state index contributed by atoms with van der Waals surface area (Å²) in [4.78, 5) is 28.7. The summed E-state index contributed by atoms with van der Waals surface area (Å²) in [5.74, 6) is 2.48. The fourth-order valence-electron chi connectivity index (χ4n) is 3.10. The Hall–Kier alpha value is -2.90. The molecular formula is C18H25N7O.